The summed E-state index contributed by atoms with van der Waals surface area (Å²) in [6.45, 7) is 1.39. The number of alkyl carbamates (subject to hydrolysis) is 1. The van der Waals surface area contributed by atoms with Crippen LogP contribution in [0.5, 0.6) is 0 Å². The van der Waals surface area contributed by atoms with E-state index in [2.05, 4.69) is 44.5 Å². The molecule has 40 heavy (non-hydrogen) atoms. The normalized spacial score (nSPS) is 22.0. The number of amides is 1. The standard InChI is InChI=1S/C28H31N7O5/c1-34(12-21-23(36)24(37)27(40-21)35-15-33-22-25(29)31-14-32-26(22)35)11-10-30-28(38)39-13-20-18-8-4-2-6-16(18)17-7-3-5-9-19(17)20/h2-9,14-15,20-21,23-24,27,36-37H,10-13H2,1H3,(H,30,38)(H2,29,31,32)/t21-,23-,24-,27-/m1/s1. The second-order valence-electron chi connectivity index (χ2n) is 10.1. The van der Waals surface area contributed by atoms with Gasteiger partial charge in [-0.05, 0) is 29.3 Å². The number of aliphatic hydroxyl groups excluding tert-OH is 2. The molecule has 5 N–H and O–H groups in total. The number of anilines is 1. The van der Waals surface area contributed by atoms with E-state index in [1.54, 1.807) is 4.57 Å². The molecule has 0 radical (unpaired) electrons. The molecule has 12 nitrogen and oxygen atoms in total. The highest BCUT2D eigenvalue weighted by molar-refractivity contribution is 5.81. The van der Waals surface area contributed by atoms with E-state index in [9.17, 15) is 15.0 Å². The fourth-order valence-electron chi connectivity index (χ4n) is 5.56. The average Bonchev–Trinajstić information content (AvgIpc) is 3.61. The van der Waals surface area contributed by atoms with E-state index >= 15 is 0 Å². The topological polar surface area (TPSA) is 161 Å². The third-order valence-corrected chi connectivity index (χ3v) is 7.60. The van der Waals surface area contributed by atoms with Crippen LogP contribution in [0.3, 0.4) is 0 Å². The Hall–Kier alpha value is -4.10. The van der Waals surface area contributed by atoms with Gasteiger partial charge in [0.15, 0.2) is 17.7 Å². The van der Waals surface area contributed by atoms with Crippen LogP contribution in [-0.2, 0) is 9.47 Å². The molecule has 1 aliphatic carbocycles. The summed E-state index contributed by atoms with van der Waals surface area (Å²) in [4.78, 5) is 26.7. The maximum absolute atomic E-state index is 12.5. The molecule has 2 aromatic heterocycles. The van der Waals surface area contributed by atoms with E-state index in [1.807, 2.05) is 36.2 Å². The minimum absolute atomic E-state index is 0.00304. The zero-order valence-corrected chi connectivity index (χ0v) is 21.9. The molecule has 0 unspecified atom stereocenters. The summed E-state index contributed by atoms with van der Waals surface area (Å²) < 4.78 is 13.1. The van der Waals surface area contributed by atoms with Gasteiger partial charge in [-0.2, -0.15) is 0 Å². The van der Waals surface area contributed by atoms with Gasteiger partial charge in [0.1, 0.15) is 36.8 Å². The molecule has 1 saturated heterocycles. The second kappa shape index (κ2) is 10.8. The van der Waals surface area contributed by atoms with Crippen LogP contribution in [0.1, 0.15) is 23.3 Å². The van der Waals surface area contributed by atoms with Gasteiger partial charge in [0, 0.05) is 25.6 Å². The van der Waals surface area contributed by atoms with Crippen LogP contribution in [-0.4, -0.2) is 92.3 Å². The first-order chi connectivity index (χ1) is 19.4. The summed E-state index contributed by atoms with van der Waals surface area (Å²) in [6, 6.07) is 16.4. The van der Waals surface area contributed by atoms with Crippen LogP contribution in [0.4, 0.5) is 10.6 Å². The number of benzene rings is 2. The molecule has 4 aromatic rings. The van der Waals surface area contributed by atoms with Crippen molar-refractivity contribution in [2.24, 2.45) is 0 Å². The first-order valence-electron chi connectivity index (χ1n) is 13.1. The van der Waals surface area contributed by atoms with E-state index < -0.39 is 30.6 Å². The van der Waals surface area contributed by atoms with Crippen molar-refractivity contribution in [3.63, 3.8) is 0 Å². The number of fused-ring (bicyclic) bond motifs is 4. The van der Waals surface area contributed by atoms with E-state index in [4.69, 9.17) is 15.2 Å². The Balaban J connectivity index is 0.989. The molecule has 2 aromatic carbocycles. The van der Waals surface area contributed by atoms with Crippen LogP contribution in [0.15, 0.2) is 61.2 Å². The zero-order chi connectivity index (χ0) is 27.8. The molecule has 1 amide bonds. The Morgan fingerprint density at radius 2 is 1.77 bits per heavy atom. The highest BCUT2D eigenvalue weighted by Gasteiger charge is 2.44. The van der Waals surface area contributed by atoms with Crippen molar-refractivity contribution >= 4 is 23.1 Å². The number of imidazole rings is 1. The van der Waals surface area contributed by atoms with Crippen LogP contribution in [0, 0.1) is 0 Å². The molecule has 0 spiro atoms. The Kier molecular flexibility index (Phi) is 7.07. The SMILES string of the molecule is CN(CCNC(=O)OCC1c2ccccc2-c2ccccc21)C[C@H]1O[C@@H](n2cnc3c(N)ncnc32)[C@H](O)[C@@H]1O. The first-order valence-corrected chi connectivity index (χ1v) is 13.1. The number of nitrogens with zero attached hydrogens (tertiary/aromatic N) is 5. The van der Waals surface area contributed by atoms with Gasteiger partial charge in [0.25, 0.3) is 0 Å². The molecule has 208 valence electrons. The smallest absolute Gasteiger partial charge is 0.407 e. The number of aromatic nitrogens is 4. The van der Waals surface area contributed by atoms with E-state index in [0.29, 0.717) is 30.8 Å². The molecule has 4 atom stereocenters. The lowest BCUT2D eigenvalue weighted by atomic mass is 9.98. The number of carbonyl (C=O) groups is 1. The molecule has 0 saturated carbocycles. The fraction of sp³-hybridized carbons (Fsp3) is 0.357. The Bertz CT molecular complexity index is 1480. The van der Waals surface area contributed by atoms with Crippen molar-refractivity contribution in [2.75, 3.05) is 39.0 Å². The largest absolute Gasteiger partial charge is 0.449 e. The number of nitrogens with two attached hydrogens (primary N) is 1. The quantitative estimate of drug-likeness (QED) is 0.255. The number of carbonyl (C=O) groups excluding carboxylic acids is 1. The van der Waals surface area contributed by atoms with Crippen molar-refractivity contribution in [3.05, 3.63) is 72.3 Å². The van der Waals surface area contributed by atoms with Crippen LogP contribution in [0.25, 0.3) is 22.3 Å². The second-order valence-corrected chi connectivity index (χ2v) is 10.1. The van der Waals surface area contributed by atoms with Gasteiger partial charge in [-0.1, -0.05) is 48.5 Å². The number of nitrogen functional groups attached to an aromatic ring is 1. The monoisotopic (exact) mass is 545 g/mol. The van der Waals surface area contributed by atoms with Gasteiger partial charge < -0.3 is 35.6 Å². The van der Waals surface area contributed by atoms with E-state index in [-0.39, 0.29) is 18.3 Å². The van der Waals surface area contributed by atoms with Crippen molar-refractivity contribution in [2.45, 2.75) is 30.5 Å². The average molecular weight is 546 g/mol. The predicted molar refractivity (Wildman–Crippen MR) is 146 cm³/mol. The fourth-order valence-corrected chi connectivity index (χ4v) is 5.56. The lowest BCUT2D eigenvalue weighted by Gasteiger charge is -2.23. The van der Waals surface area contributed by atoms with Gasteiger partial charge in [-0.15, -0.1) is 0 Å². The molecule has 3 heterocycles. The number of rotatable bonds is 8. The van der Waals surface area contributed by atoms with Crippen molar-refractivity contribution in [1.29, 1.82) is 0 Å². The summed E-state index contributed by atoms with van der Waals surface area (Å²) in [5.41, 5.74) is 11.3. The van der Waals surface area contributed by atoms with Gasteiger partial charge in [0.05, 0.1) is 6.33 Å². The van der Waals surface area contributed by atoms with Crippen LogP contribution < -0.4 is 11.1 Å². The summed E-state index contributed by atoms with van der Waals surface area (Å²) in [5, 5.41) is 24.1. The molecule has 6 rings (SSSR count). The van der Waals surface area contributed by atoms with Gasteiger partial charge in [-0.25, -0.2) is 19.7 Å². The zero-order valence-electron chi connectivity index (χ0n) is 21.9. The van der Waals surface area contributed by atoms with Gasteiger partial charge in [-0.3, -0.25) is 4.57 Å². The molecular formula is C28H31N7O5. The van der Waals surface area contributed by atoms with Crippen LogP contribution >= 0.6 is 0 Å². The number of hydrogen-bond acceptors (Lipinski definition) is 10. The molecule has 1 aliphatic heterocycles. The molecule has 12 heteroatoms. The molecule has 0 bridgehead atoms. The summed E-state index contributed by atoms with van der Waals surface area (Å²) in [6.07, 6.45) is -1.59. The maximum Gasteiger partial charge on any atom is 0.407 e. The van der Waals surface area contributed by atoms with Gasteiger partial charge >= 0.3 is 6.09 Å². The van der Waals surface area contributed by atoms with Crippen molar-refractivity contribution in [1.82, 2.24) is 29.7 Å². The highest BCUT2D eigenvalue weighted by atomic mass is 16.6. The third-order valence-electron chi connectivity index (χ3n) is 7.60. The Labute approximate surface area is 230 Å². The Morgan fingerprint density at radius 1 is 1.07 bits per heavy atom. The number of likely N-dealkylation sites (N-methyl/N-ethyl adjacent to an activating group) is 1. The summed E-state index contributed by atoms with van der Waals surface area (Å²) >= 11 is 0. The van der Waals surface area contributed by atoms with Gasteiger partial charge in [0.2, 0.25) is 0 Å². The van der Waals surface area contributed by atoms with Crippen molar-refractivity contribution < 1.29 is 24.5 Å². The maximum atomic E-state index is 12.5. The molecule has 2 aliphatic rings. The molecule has 1 fully saturated rings. The summed E-state index contributed by atoms with van der Waals surface area (Å²) in [5.74, 6) is 0.216. The number of ether oxygens (including phenoxy) is 2. The number of aliphatic hydroxyl groups is 2. The number of nitrogens with one attached hydrogen (secondary N) is 1. The predicted octanol–water partition coefficient (Wildman–Crippen LogP) is 1.50. The lowest BCUT2D eigenvalue weighted by Crippen LogP contribution is -2.41. The Morgan fingerprint density at radius 3 is 2.50 bits per heavy atom. The minimum Gasteiger partial charge on any atom is -0.449 e. The van der Waals surface area contributed by atoms with Crippen LogP contribution in [0.2, 0.25) is 0 Å². The third kappa shape index (κ3) is 4.75. The highest BCUT2D eigenvalue weighted by Crippen LogP contribution is 2.44. The first kappa shape index (κ1) is 26.1. The minimum atomic E-state index is -1.19. The lowest BCUT2D eigenvalue weighted by molar-refractivity contribution is -0.0420. The summed E-state index contributed by atoms with van der Waals surface area (Å²) in [7, 11) is 1.84. The molecular weight excluding hydrogens is 514 g/mol. The number of hydrogen-bond donors (Lipinski definition) is 4. The van der Waals surface area contributed by atoms with E-state index in [1.165, 1.54) is 23.8 Å². The van der Waals surface area contributed by atoms with Crippen molar-refractivity contribution in [3.8, 4) is 11.1 Å². The van der Waals surface area contributed by atoms with E-state index in [0.717, 1.165) is 11.1 Å².